The fourth-order valence-corrected chi connectivity index (χ4v) is 2.28. The molecule has 0 saturated carbocycles. The molecular weight excluding hydrogens is 272 g/mol. The molecule has 1 atom stereocenters. The normalized spacial score (nSPS) is 11.7. The smallest absolute Gasteiger partial charge is 0.126 e. The zero-order chi connectivity index (χ0) is 14.4. The zero-order valence-corrected chi connectivity index (χ0v) is 11.9. The van der Waals surface area contributed by atoms with Gasteiger partial charge in [0.2, 0.25) is 0 Å². The van der Waals surface area contributed by atoms with Crippen molar-refractivity contribution in [2.45, 2.75) is 12.6 Å². The van der Waals surface area contributed by atoms with Gasteiger partial charge in [0, 0.05) is 12.1 Å². The minimum Gasteiger partial charge on any atom is -0.496 e. The fraction of sp³-hybridized carbons (Fsp3) is 0.188. The number of ether oxygens (including phenoxy) is 1. The Bertz CT molecular complexity index is 608. The van der Waals surface area contributed by atoms with Gasteiger partial charge in [-0.15, -0.1) is 0 Å². The molecule has 0 aliphatic heterocycles. The first kappa shape index (κ1) is 14.4. The van der Waals surface area contributed by atoms with E-state index >= 15 is 0 Å². The summed E-state index contributed by atoms with van der Waals surface area (Å²) in [5, 5.41) is 13.1. The quantitative estimate of drug-likeness (QED) is 0.911. The van der Waals surface area contributed by atoms with Crippen LogP contribution in [-0.4, -0.2) is 7.11 Å². The van der Waals surface area contributed by atoms with Crippen molar-refractivity contribution < 1.29 is 4.74 Å². The minimum absolute atomic E-state index is 0.515. The first-order valence-corrected chi connectivity index (χ1v) is 6.63. The van der Waals surface area contributed by atoms with Crippen molar-refractivity contribution in [1.82, 2.24) is 5.32 Å². The maximum Gasteiger partial charge on any atom is 0.126 e. The summed E-state index contributed by atoms with van der Waals surface area (Å²) < 4.78 is 5.29. The van der Waals surface area contributed by atoms with Crippen LogP contribution in [0.1, 0.15) is 17.2 Å². The van der Waals surface area contributed by atoms with Gasteiger partial charge >= 0.3 is 0 Å². The molecule has 1 unspecified atom stereocenters. The highest BCUT2D eigenvalue weighted by Crippen LogP contribution is 2.31. The van der Waals surface area contributed by atoms with E-state index in [4.69, 9.17) is 16.3 Å². The number of rotatable bonds is 5. The lowest BCUT2D eigenvalue weighted by Gasteiger charge is -2.16. The lowest BCUT2D eigenvalue weighted by Crippen LogP contribution is -2.20. The molecule has 0 spiro atoms. The number of nitriles is 1. The van der Waals surface area contributed by atoms with Crippen LogP contribution in [0, 0.1) is 11.3 Å². The predicted octanol–water partition coefficient (Wildman–Crippen LogP) is 3.70. The molecule has 3 nitrogen and oxygen atoms in total. The monoisotopic (exact) mass is 286 g/mol. The highest BCUT2D eigenvalue weighted by Gasteiger charge is 2.18. The topological polar surface area (TPSA) is 45.0 Å². The molecule has 102 valence electrons. The van der Waals surface area contributed by atoms with Gasteiger partial charge in [0.25, 0.3) is 0 Å². The number of methoxy groups -OCH3 is 1. The number of halogens is 1. The molecular formula is C16H15ClN2O. The first-order chi connectivity index (χ1) is 9.76. The summed E-state index contributed by atoms with van der Waals surface area (Å²) in [6.45, 7) is 0.591. The molecule has 0 aromatic heterocycles. The second-order valence-electron chi connectivity index (χ2n) is 4.28. The van der Waals surface area contributed by atoms with Crippen LogP contribution in [0.15, 0.2) is 48.5 Å². The summed E-state index contributed by atoms with van der Waals surface area (Å²) in [7, 11) is 1.57. The van der Waals surface area contributed by atoms with Gasteiger partial charge in [-0.2, -0.15) is 5.26 Å². The lowest BCUT2D eigenvalue weighted by atomic mass is 10.1. The van der Waals surface area contributed by atoms with E-state index in [9.17, 15) is 5.26 Å². The summed E-state index contributed by atoms with van der Waals surface area (Å²) in [6, 6.07) is 17.0. The summed E-state index contributed by atoms with van der Waals surface area (Å²) >= 11 is 6.19. The molecule has 0 aliphatic carbocycles. The highest BCUT2D eigenvalue weighted by molar-refractivity contribution is 6.31. The van der Waals surface area contributed by atoms with Crippen LogP contribution in [0.5, 0.6) is 5.75 Å². The van der Waals surface area contributed by atoms with Crippen molar-refractivity contribution in [1.29, 1.82) is 5.26 Å². The summed E-state index contributed by atoms with van der Waals surface area (Å²) in [4.78, 5) is 0. The second kappa shape index (κ2) is 6.95. The van der Waals surface area contributed by atoms with Crippen LogP contribution in [0.2, 0.25) is 5.02 Å². The second-order valence-corrected chi connectivity index (χ2v) is 4.69. The summed E-state index contributed by atoms with van der Waals surface area (Å²) in [5.41, 5.74) is 1.79. The molecule has 0 heterocycles. The van der Waals surface area contributed by atoms with Gasteiger partial charge in [0.1, 0.15) is 11.8 Å². The number of nitrogens with one attached hydrogen (secondary N) is 1. The van der Waals surface area contributed by atoms with Gasteiger partial charge in [-0.3, -0.25) is 5.32 Å². The molecule has 2 aromatic carbocycles. The molecule has 2 aromatic rings. The van der Waals surface area contributed by atoms with E-state index in [0.717, 1.165) is 5.56 Å². The van der Waals surface area contributed by atoms with E-state index in [1.54, 1.807) is 25.3 Å². The molecule has 0 fully saturated rings. The van der Waals surface area contributed by atoms with Crippen molar-refractivity contribution in [2.24, 2.45) is 0 Å². The number of hydrogen-bond acceptors (Lipinski definition) is 3. The molecule has 4 heteroatoms. The van der Waals surface area contributed by atoms with E-state index in [1.165, 1.54) is 0 Å². The Kier molecular flexibility index (Phi) is 5.00. The molecule has 2 rings (SSSR count). The third kappa shape index (κ3) is 3.30. The number of nitrogens with zero attached hydrogens (tertiary/aromatic N) is 1. The Hall–Kier alpha value is -2.02. The molecule has 0 saturated heterocycles. The Morgan fingerprint density at radius 2 is 1.95 bits per heavy atom. The molecule has 0 aliphatic rings. The fourth-order valence-electron chi connectivity index (χ4n) is 2.00. The van der Waals surface area contributed by atoms with Crippen molar-refractivity contribution >= 4 is 11.6 Å². The minimum atomic E-state index is -0.515. The average Bonchev–Trinajstić information content (AvgIpc) is 2.50. The predicted molar refractivity (Wildman–Crippen MR) is 79.6 cm³/mol. The average molecular weight is 287 g/mol. The molecule has 1 N–H and O–H groups in total. The van der Waals surface area contributed by atoms with Crippen molar-refractivity contribution in [3.63, 3.8) is 0 Å². The summed E-state index contributed by atoms with van der Waals surface area (Å²) in [5.74, 6) is 0.615. The maximum absolute atomic E-state index is 9.38. The Balaban J connectivity index is 2.19. The van der Waals surface area contributed by atoms with Crippen LogP contribution in [0.3, 0.4) is 0 Å². The Morgan fingerprint density at radius 3 is 2.60 bits per heavy atom. The maximum atomic E-state index is 9.38. The van der Waals surface area contributed by atoms with Crippen molar-refractivity contribution in [2.75, 3.05) is 7.11 Å². The van der Waals surface area contributed by atoms with Crippen LogP contribution in [0.25, 0.3) is 0 Å². The first-order valence-electron chi connectivity index (χ1n) is 6.25. The van der Waals surface area contributed by atoms with Gasteiger partial charge in [-0.25, -0.2) is 0 Å². The highest BCUT2D eigenvalue weighted by atomic mass is 35.5. The molecule has 0 amide bonds. The summed E-state index contributed by atoms with van der Waals surface area (Å²) in [6.07, 6.45) is 0. The third-order valence-electron chi connectivity index (χ3n) is 3.00. The molecule has 20 heavy (non-hydrogen) atoms. The van der Waals surface area contributed by atoms with E-state index in [-0.39, 0.29) is 0 Å². The number of hydrogen-bond donors (Lipinski definition) is 1. The van der Waals surface area contributed by atoms with Crippen LogP contribution >= 0.6 is 11.6 Å². The number of benzene rings is 2. The van der Waals surface area contributed by atoms with Crippen LogP contribution < -0.4 is 10.1 Å². The Morgan fingerprint density at radius 1 is 1.20 bits per heavy atom. The molecule has 0 radical (unpaired) electrons. The van der Waals surface area contributed by atoms with E-state index in [1.807, 2.05) is 30.3 Å². The molecule has 0 bridgehead atoms. The van der Waals surface area contributed by atoms with Gasteiger partial charge in [0.15, 0.2) is 0 Å². The zero-order valence-electron chi connectivity index (χ0n) is 11.1. The van der Waals surface area contributed by atoms with Crippen molar-refractivity contribution in [3.05, 3.63) is 64.7 Å². The third-order valence-corrected chi connectivity index (χ3v) is 3.33. The van der Waals surface area contributed by atoms with Crippen LogP contribution in [0.4, 0.5) is 0 Å². The van der Waals surface area contributed by atoms with Gasteiger partial charge in [-0.05, 0) is 17.7 Å². The van der Waals surface area contributed by atoms with E-state index in [0.29, 0.717) is 22.9 Å². The Labute approximate surface area is 123 Å². The lowest BCUT2D eigenvalue weighted by molar-refractivity contribution is 0.405. The van der Waals surface area contributed by atoms with Crippen LogP contribution in [-0.2, 0) is 6.54 Å². The van der Waals surface area contributed by atoms with Gasteiger partial charge < -0.3 is 4.74 Å². The van der Waals surface area contributed by atoms with E-state index in [2.05, 4.69) is 11.4 Å². The SMILES string of the molecule is COc1cccc(Cl)c1C(C#N)NCc1ccccc1. The standard InChI is InChI=1S/C16H15ClN2O/c1-20-15-9-5-8-13(17)16(15)14(10-18)19-11-12-6-3-2-4-7-12/h2-9,14,19H,11H2,1H3. The van der Waals surface area contributed by atoms with E-state index < -0.39 is 6.04 Å². The van der Waals surface area contributed by atoms with Crippen molar-refractivity contribution in [3.8, 4) is 11.8 Å². The van der Waals surface area contributed by atoms with Gasteiger partial charge in [0.05, 0.1) is 18.2 Å². The largest absolute Gasteiger partial charge is 0.496 e. The van der Waals surface area contributed by atoms with Gasteiger partial charge in [-0.1, -0.05) is 48.0 Å².